The molecule has 2 aromatic carbocycles. The molecule has 2 aromatic rings. The van der Waals surface area contributed by atoms with Crippen LogP contribution in [0.3, 0.4) is 0 Å². The first-order chi connectivity index (χ1) is 11.2. The van der Waals surface area contributed by atoms with Gasteiger partial charge in [0.2, 0.25) is 0 Å². The van der Waals surface area contributed by atoms with Crippen molar-refractivity contribution in [2.45, 2.75) is 12.6 Å². The van der Waals surface area contributed by atoms with Crippen molar-refractivity contribution < 1.29 is 19.0 Å². The minimum absolute atomic E-state index is 0.306. The molecular weight excluding hydrogens is 297 g/mol. The Morgan fingerprint density at radius 3 is 2.65 bits per heavy atom. The summed E-state index contributed by atoms with van der Waals surface area (Å²) >= 11 is 0. The van der Waals surface area contributed by atoms with E-state index in [0.29, 0.717) is 31.9 Å². The Morgan fingerprint density at radius 1 is 1.13 bits per heavy atom. The van der Waals surface area contributed by atoms with Crippen LogP contribution in [0.2, 0.25) is 0 Å². The average Bonchev–Trinajstić information content (AvgIpc) is 2.56. The number of hydrogen-bond acceptors (Lipinski definition) is 4. The number of hydrogen-bond donors (Lipinski definition) is 2. The largest absolute Gasteiger partial charge is 0.491 e. The van der Waals surface area contributed by atoms with Crippen LogP contribution in [0, 0.1) is 5.82 Å². The lowest BCUT2D eigenvalue weighted by molar-refractivity contribution is 0.146. The van der Waals surface area contributed by atoms with Gasteiger partial charge in [-0.05, 0) is 35.4 Å². The fourth-order valence-corrected chi connectivity index (χ4v) is 2.14. The van der Waals surface area contributed by atoms with Crippen molar-refractivity contribution in [3.05, 3.63) is 65.5 Å². The highest BCUT2D eigenvalue weighted by Crippen LogP contribution is 2.15. The van der Waals surface area contributed by atoms with Gasteiger partial charge in [0.1, 0.15) is 18.2 Å². The first kappa shape index (κ1) is 17.4. The third-order valence-electron chi connectivity index (χ3n) is 3.38. The highest BCUT2D eigenvalue weighted by Gasteiger charge is 2.07. The van der Waals surface area contributed by atoms with Crippen LogP contribution >= 0.6 is 0 Å². The van der Waals surface area contributed by atoms with Crippen molar-refractivity contribution in [3.63, 3.8) is 0 Å². The molecule has 0 spiro atoms. The lowest BCUT2D eigenvalue weighted by atomic mass is 10.1. The predicted molar refractivity (Wildman–Crippen MR) is 86.9 cm³/mol. The van der Waals surface area contributed by atoms with E-state index in [0.717, 1.165) is 11.3 Å². The molecular formula is C18H22FNO3. The molecule has 0 radical (unpaired) electrons. The number of nitrogens with one attached hydrogen (secondary N) is 1. The van der Waals surface area contributed by atoms with Crippen molar-refractivity contribution >= 4 is 0 Å². The third-order valence-corrected chi connectivity index (χ3v) is 3.38. The molecule has 2 rings (SSSR count). The zero-order valence-corrected chi connectivity index (χ0v) is 13.2. The number of rotatable bonds is 9. The Labute approximate surface area is 135 Å². The maximum atomic E-state index is 12.9. The van der Waals surface area contributed by atoms with E-state index in [4.69, 9.17) is 9.47 Å². The molecule has 5 heteroatoms. The van der Waals surface area contributed by atoms with Crippen LogP contribution in [0.1, 0.15) is 17.2 Å². The van der Waals surface area contributed by atoms with E-state index < -0.39 is 6.10 Å². The SMILES string of the molecule is COCCOc1cccc(CNCC(O)c2ccc(F)cc2)c1. The molecule has 0 amide bonds. The molecule has 0 saturated heterocycles. The lowest BCUT2D eigenvalue weighted by Gasteiger charge is -2.13. The second kappa shape index (κ2) is 9.25. The first-order valence-electron chi connectivity index (χ1n) is 7.54. The number of ether oxygens (including phenoxy) is 2. The van der Waals surface area contributed by atoms with Crippen LogP contribution in [0.5, 0.6) is 5.75 Å². The van der Waals surface area contributed by atoms with Crippen molar-refractivity contribution in [2.75, 3.05) is 26.9 Å². The zero-order valence-electron chi connectivity index (χ0n) is 13.2. The van der Waals surface area contributed by atoms with Crippen LogP contribution in [-0.4, -0.2) is 32.0 Å². The Hall–Kier alpha value is -1.95. The summed E-state index contributed by atoms with van der Waals surface area (Å²) in [5.41, 5.74) is 1.75. The Bertz CT molecular complexity index is 589. The molecule has 1 unspecified atom stereocenters. The van der Waals surface area contributed by atoms with Gasteiger partial charge in [0, 0.05) is 20.2 Å². The van der Waals surface area contributed by atoms with Crippen LogP contribution in [-0.2, 0) is 11.3 Å². The van der Waals surface area contributed by atoms with Gasteiger partial charge in [-0.1, -0.05) is 24.3 Å². The number of methoxy groups -OCH3 is 1. The summed E-state index contributed by atoms with van der Waals surface area (Å²) in [6.07, 6.45) is -0.670. The summed E-state index contributed by atoms with van der Waals surface area (Å²) in [5.74, 6) is 0.486. The van der Waals surface area contributed by atoms with E-state index >= 15 is 0 Å². The van der Waals surface area contributed by atoms with Crippen molar-refractivity contribution in [3.8, 4) is 5.75 Å². The van der Waals surface area contributed by atoms with Crippen LogP contribution in [0.4, 0.5) is 4.39 Å². The molecule has 0 fully saturated rings. The highest BCUT2D eigenvalue weighted by atomic mass is 19.1. The Balaban J connectivity index is 1.79. The van der Waals surface area contributed by atoms with E-state index in [1.54, 1.807) is 19.2 Å². The van der Waals surface area contributed by atoms with Gasteiger partial charge in [-0.3, -0.25) is 0 Å². The van der Waals surface area contributed by atoms with E-state index in [2.05, 4.69) is 5.32 Å². The van der Waals surface area contributed by atoms with E-state index in [1.165, 1.54) is 12.1 Å². The van der Waals surface area contributed by atoms with Crippen LogP contribution in [0.15, 0.2) is 48.5 Å². The first-order valence-corrected chi connectivity index (χ1v) is 7.54. The monoisotopic (exact) mass is 319 g/mol. The average molecular weight is 319 g/mol. The Kier molecular flexibility index (Phi) is 7.00. The van der Waals surface area contributed by atoms with Crippen molar-refractivity contribution in [1.82, 2.24) is 5.32 Å². The number of benzene rings is 2. The standard InChI is InChI=1S/C18H22FNO3/c1-22-9-10-23-17-4-2-3-14(11-17)12-20-13-18(21)15-5-7-16(19)8-6-15/h2-8,11,18,20-21H,9-10,12-13H2,1H3. The summed E-state index contributed by atoms with van der Waals surface area (Å²) in [7, 11) is 1.64. The van der Waals surface area contributed by atoms with Gasteiger partial charge in [0.05, 0.1) is 12.7 Å². The molecule has 0 bridgehead atoms. The summed E-state index contributed by atoms with van der Waals surface area (Å²) < 4.78 is 23.4. The lowest BCUT2D eigenvalue weighted by Crippen LogP contribution is -2.21. The number of aliphatic hydroxyl groups excluding tert-OH is 1. The molecule has 124 valence electrons. The molecule has 1 atom stereocenters. The molecule has 0 aliphatic rings. The van der Waals surface area contributed by atoms with E-state index in [9.17, 15) is 9.50 Å². The van der Waals surface area contributed by atoms with Gasteiger partial charge >= 0.3 is 0 Å². The van der Waals surface area contributed by atoms with Gasteiger partial charge < -0.3 is 19.9 Å². The molecule has 2 N–H and O–H groups in total. The zero-order chi connectivity index (χ0) is 16.5. The second-order valence-corrected chi connectivity index (χ2v) is 5.19. The molecule has 0 aromatic heterocycles. The maximum absolute atomic E-state index is 12.9. The smallest absolute Gasteiger partial charge is 0.123 e. The summed E-state index contributed by atoms with van der Waals surface area (Å²) in [6.45, 7) is 2.06. The van der Waals surface area contributed by atoms with Gasteiger partial charge in [-0.15, -0.1) is 0 Å². The fourth-order valence-electron chi connectivity index (χ4n) is 2.14. The third kappa shape index (κ3) is 5.98. The summed E-state index contributed by atoms with van der Waals surface area (Å²) in [5, 5.41) is 13.2. The van der Waals surface area contributed by atoms with Crippen molar-refractivity contribution in [2.24, 2.45) is 0 Å². The normalized spacial score (nSPS) is 12.1. The quantitative estimate of drug-likeness (QED) is 0.698. The summed E-state index contributed by atoms with van der Waals surface area (Å²) in [4.78, 5) is 0. The van der Waals surface area contributed by atoms with Gasteiger partial charge in [0.25, 0.3) is 0 Å². The number of halogens is 1. The van der Waals surface area contributed by atoms with E-state index in [1.807, 2.05) is 24.3 Å². The molecule has 0 aliphatic carbocycles. The topological polar surface area (TPSA) is 50.7 Å². The minimum Gasteiger partial charge on any atom is -0.491 e. The van der Waals surface area contributed by atoms with Crippen molar-refractivity contribution in [1.29, 1.82) is 0 Å². The molecule has 23 heavy (non-hydrogen) atoms. The Morgan fingerprint density at radius 2 is 1.91 bits per heavy atom. The number of aliphatic hydroxyl groups is 1. The van der Waals surface area contributed by atoms with E-state index in [-0.39, 0.29) is 5.82 Å². The van der Waals surface area contributed by atoms with Crippen LogP contribution < -0.4 is 10.1 Å². The minimum atomic E-state index is -0.670. The maximum Gasteiger partial charge on any atom is 0.123 e. The molecule has 0 aliphatic heterocycles. The second-order valence-electron chi connectivity index (χ2n) is 5.19. The predicted octanol–water partition coefficient (Wildman–Crippen LogP) is 2.67. The fraction of sp³-hybridized carbons (Fsp3) is 0.333. The highest BCUT2D eigenvalue weighted by molar-refractivity contribution is 5.28. The van der Waals surface area contributed by atoms with Gasteiger partial charge in [-0.25, -0.2) is 4.39 Å². The molecule has 0 saturated carbocycles. The molecule has 4 nitrogen and oxygen atoms in total. The summed E-state index contributed by atoms with van der Waals surface area (Å²) in [6, 6.07) is 13.6. The van der Waals surface area contributed by atoms with Gasteiger partial charge in [-0.2, -0.15) is 0 Å². The van der Waals surface area contributed by atoms with Gasteiger partial charge in [0.15, 0.2) is 0 Å². The molecule has 0 heterocycles. The van der Waals surface area contributed by atoms with Crippen LogP contribution in [0.25, 0.3) is 0 Å².